The molecule has 7 heteroatoms. The fraction of sp³-hybridized carbons (Fsp3) is 0.545. The van der Waals surface area contributed by atoms with Crippen LogP contribution in [0.5, 0.6) is 0 Å². The molecule has 100 valence electrons. The van der Waals surface area contributed by atoms with Crippen LogP contribution in [0, 0.1) is 11.3 Å². The van der Waals surface area contributed by atoms with Crippen molar-refractivity contribution in [2.45, 2.75) is 25.2 Å². The first kappa shape index (κ1) is 13.5. The van der Waals surface area contributed by atoms with Gasteiger partial charge in [-0.15, -0.1) is 11.3 Å². The van der Waals surface area contributed by atoms with Crippen LogP contribution < -0.4 is 4.72 Å². The topological polar surface area (TPSA) is 83.5 Å². The van der Waals surface area contributed by atoms with Crippen LogP contribution in [0.4, 0.5) is 0 Å². The summed E-state index contributed by atoms with van der Waals surface area (Å²) in [4.78, 5) is 10.6. The van der Waals surface area contributed by atoms with Gasteiger partial charge in [0.25, 0.3) is 0 Å². The average molecular weight is 289 g/mol. The van der Waals surface area contributed by atoms with Crippen molar-refractivity contribution in [1.29, 1.82) is 0 Å². The molecule has 5 nitrogen and oxygen atoms in total. The van der Waals surface area contributed by atoms with Gasteiger partial charge in [0.05, 0.1) is 0 Å². The Morgan fingerprint density at radius 1 is 1.61 bits per heavy atom. The first-order chi connectivity index (χ1) is 8.24. The highest BCUT2D eigenvalue weighted by Gasteiger charge is 2.45. The molecule has 1 aliphatic carbocycles. The minimum Gasteiger partial charge on any atom is -0.477 e. The summed E-state index contributed by atoms with van der Waals surface area (Å²) in [7, 11) is -3.72. The molecule has 1 heterocycles. The molecule has 0 aromatic carbocycles. The zero-order valence-corrected chi connectivity index (χ0v) is 11.8. The van der Waals surface area contributed by atoms with Crippen molar-refractivity contribution >= 4 is 27.3 Å². The minimum absolute atomic E-state index is 0.140. The summed E-state index contributed by atoms with van der Waals surface area (Å²) in [5.41, 5.74) is 0.187. The van der Waals surface area contributed by atoms with Crippen molar-refractivity contribution in [3.8, 4) is 0 Å². The Morgan fingerprint density at radius 3 is 2.72 bits per heavy atom. The average Bonchev–Trinajstić information content (AvgIpc) is 2.68. The Bertz CT molecular complexity index is 574. The van der Waals surface area contributed by atoms with E-state index in [1.807, 2.05) is 0 Å². The highest BCUT2D eigenvalue weighted by molar-refractivity contribution is 7.89. The van der Waals surface area contributed by atoms with Gasteiger partial charge in [-0.25, -0.2) is 17.9 Å². The summed E-state index contributed by atoms with van der Waals surface area (Å²) < 4.78 is 26.5. The summed E-state index contributed by atoms with van der Waals surface area (Å²) in [5.74, 6) is -0.878. The van der Waals surface area contributed by atoms with Crippen molar-refractivity contribution in [1.82, 2.24) is 4.72 Å². The van der Waals surface area contributed by atoms with E-state index in [0.29, 0.717) is 12.5 Å². The second-order valence-corrected chi connectivity index (χ2v) is 7.81. The lowest BCUT2D eigenvalue weighted by molar-refractivity contribution is 0.0698. The normalized spacial score (nSPS) is 21.8. The number of carbonyl (C=O) groups is 1. The summed E-state index contributed by atoms with van der Waals surface area (Å²) >= 11 is 0.915. The van der Waals surface area contributed by atoms with Crippen LogP contribution in [-0.4, -0.2) is 26.0 Å². The number of sulfonamides is 1. The lowest BCUT2D eigenvalue weighted by Gasteiger charge is -2.07. The quantitative estimate of drug-likeness (QED) is 0.865. The Kier molecular flexibility index (Phi) is 3.25. The second-order valence-electron chi connectivity index (χ2n) is 5.16. The van der Waals surface area contributed by atoms with E-state index in [1.165, 1.54) is 11.4 Å². The number of carboxylic acids is 1. The van der Waals surface area contributed by atoms with E-state index in [0.717, 1.165) is 17.8 Å². The van der Waals surface area contributed by atoms with Gasteiger partial charge in [-0.1, -0.05) is 13.8 Å². The summed E-state index contributed by atoms with van der Waals surface area (Å²) in [6.45, 7) is 4.53. The molecule has 0 saturated heterocycles. The maximum atomic E-state index is 12.0. The molecule has 0 amide bonds. The third-order valence-electron chi connectivity index (χ3n) is 3.35. The number of rotatable bonds is 5. The summed E-state index contributed by atoms with van der Waals surface area (Å²) in [6, 6.07) is 1.33. The number of nitrogens with one attached hydrogen (secondary N) is 1. The maximum absolute atomic E-state index is 12.0. The van der Waals surface area contributed by atoms with Crippen molar-refractivity contribution in [2.75, 3.05) is 6.54 Å². The first-order valence-corrected chi connectivity index (χ1v) is 7.91. The molecule has 2 rings (SSSR count). The van der Waals surface area contributed by atoms with Crippen LogP contribution in [0.1, 0.15) is 29.9 Å². The minimum atomic E-state index is -3.72. The molecule has 1 fully saturated rings. The molecule has 1 unspecified atom stereocenters. The third kappa shape index (κ3) is 2.57. The monoisotopic (exact) mass is 289 g/mol. The van der Waals surface area contributed by atoms with E-state index in [2.05, 4.69) is 18.6 Å². The molecule has 1 aromatic heterocycles. The van der Waals surface area contributed by atoms with Crippen molar-refractivity contribution in [2.24, 2.45) is 11.3 Å². The van der Waals surface area contributed by atoms with Crippen molar-refractivity contribution < 1.29 is 18.3 Å². The molecule has 1 aromatic rings. The summed E-state index contributed by atoms with van der Waals surface area (Å²) in [6.07, 6.45) is 0.991. The SMILES string of the molecule is CC1(C)CC1CNS(=O)(=O)c1ccsc1C(=O)O. The molecular weight excluding hydrogens is 274 g/mol. The van der Waals surface area contributed by atoms with Crippen LogP contribution in [-0.2, 0) is 10.0 Å². The number of carboxylic acid groups (broad SMARTS) is 1. The first-order valence-electron chi connectivity index (χ1n) is 5.54. The van der Waals surface area contributed by atoms with Gasteiger partial charge in [0.2, 0.25) is 10.0 Å². The van der Waals surface area contributed by atoms with Crippen LogP contribution in [0.15, 0.2) is 16.3 Å². The van der Waals surface area contributed by atoms with Gasteiger partial charge in [0.15, 0.2) is 0 Å². The molecule has 0 aliphatic heterocycles. The van der Waals surface area contributed by atoms with E-state index < -0.39 is 16.0 Å². The molecule has 2 N–H and O–H groups in total. The molecule has 0 bridgehead atoms. The molecule has 1 aliphatic rings. The van der Waals surface area contributed by atoms with Crippen molar-refractivity contribution in [3.05, 3.63) is 16.3 Å². The van der Waals surface area contributed by atoms with Gasteiger partial charge < -0.3 is 5.11 Å². The van der Waals surface area contributed by atoms with Gasteiger partial charge in [-0.05, 0) is 29.2 Å². The molecule has 1 saturated carbocycles. The lowest BCUT2D eigenvalue weighted by Crippen LogP contribution is -2.27. The van der Waals surface area contributed by atoms with Crippen LogP contribution >= 0.6 is 11.3 Å². The predicted molar refractivity (Wildman–Crippen MR) is 68.4 cm³/mol. The Hall–Kier alpha value is -0.920. The Morgan fingerprint density at radius 2 is 2.22 bits per heavy atom. The molecule has 0 radical (unpaired) electrons. The van der Waals surface area contributed by atoms with Crippen LogP contribution in [0.2, 0.25) is 0 Å². The number of aromatic carboxylic acids is 1. The van der Waals surface area contributed by atoms with Crippen molar-refractivity contribution in [3.63, 3.8) is 0 Å². The molecule has 18 heavy (non-hydrogen) atoms. The largest absolute Gasteiger partial charge is 0.477 e. The number of hydrogen-bond acceptors (Lipinski definition) is 4. The zero-order valence-electron chi connectivity index (χ0n) is 10.1. The standard InChI is InChI=1S/C11H15NO4S2/c1-11(2)5-7(11)6-12-18(15,16)8-3-4-17-9(8)10(13)14/h3-4,7,12H,5-6H2,1-2H3,(H,13,14). The zero-order chi connectivity index (χ0) is 13.6. The van der Waals surface area contributed by atoms with Crippen LogP contribution in [0.3, 0.4) is 0 Å². The summed E-state index contributed by atoms with van der Waals surface area (Å²) in [5, 5.41) is 10.4. The van der Waals surface area contributed by atoms with Gasteiger partial charge >= 0.3 is 5.97 Å². The van der Waals surface area contributed by atoms with E-state index in [1.54, 1.807) is 0 Å². The van der Waals surface area contributed by atoms with Gasteiger partial charge in [-0.3, -0.25) is 0 Å². The van der Waals surface area contributed by atoms with Gasteiger partial charge in [0, 0.05) is 6.54 Å². The second kappa shape index (κ2) is 4.32. The predicted octanol–water partition coefficient (Wildman–Crippen LogP) is 1.77. The Balaban J connectivity index is 2.11. The Labute approximate surface area is 110 Å². The smallest absolute Gasteiger partial charge is 0.347 e. The van der Waals surface area contributed by atoms with E-state index in [4.69, 9.17) is 5.11 Å². The van der Waals surface area contributed by atoms with E-state index in [9.17, 15) is 13.2 Å². The highest BCUT2D eigenvalue weighted by Crippen LogP contribution is 2.51. The number of hydrogen-bond donors (Lipinski definition) is 2. The molecule has 1 atom stereocenters. The van der Waals surface area contributed by atoms with Gasteiger partial charge in [0.1, 0.15) is 9.77 Å². The van der Waals surface area contributed by atoms with E-state index in [-0.39, 0.29) is 15.2 Å². The number of thiophene rings is 1. The third-order valence-corrected chi connectivity index (χ3v) is 5.85. The lowest BCUT2D eigenvalue weighted by atomic mass is 10.1. The fourth-order valence-electron chi connectivity index (χ4n) is 1.88. The van der Waals surface area contributed by atoms with Crippen LogP contribution in [0.25, 0.3) is 0 Å². The molecular formula is C11H15NO4S2. The molecule has 0 spiro atoms. The fourth-order valence-corrected chi connectivity index (χ4v) is 4.22. The maximum Gasteiger partial charge on any atom is 0.347 e. The highest BCUT2D eigenvalue weighted by atomic mass is 32.2. The van der Waals surface area contributed by atoms with E-state index >= 15 is 0 Å². The van der Waals surface area contributed by atoms with Gasteiger partial charge in [-0.2, -0.15) is 0 Å².